The van der Waals surface area contributed by atoms with Gasteiger partial charge in [0.25, 0.3) is 5.91 Å². The lowest BCUT2D eigenvalue weighted by Crippen LogP contribution is -2.32. The number of benzene rings is 1. The van der Waals surface area contributed by atoms with Crippen LogP contribution in [0.4, 0.5) is 0 Å². The van der Waals surface area contributed by atoms with Crippen LogP contribution in [-0.2, 0) is 4.74 Å². The zero-order valence-electron chi connectivity index (χ0n) is 14.5. The van der Waals surface area contributed by atoms with Crippen LogP contribution in [0.3, 0.4) is 0 Å². The number of nitrogens with one attached hydrogen (secondary N) is 2. The van der Waals surface area contributed by atoms with Gasteiger partial charge in [0, 0.05) is 31.0 Å². The number of aryl methyl sites for hydroxylation is 2. The van der Waals surface area contributed by atoms with Crippen LogP contribution >= 0.6 is 0 Å². The van der Waals surface area contributed by atoms with Crippen molar-refractivity contribution in [1.82, 2.24) is 25.1 Å². The highest BCUT2D eigenvalue weighted by Crippen LogP contribution is 2.33. The molecule has 2 atom stereocenters. The van der Waals surface area contributed by atoms with Crippen molar-refractivity contribution in [3.63, 3.8) is 0 Å². The quantitative estimate of drug-likeness (QED) is 0.767. The molecule has 7 nitrogen and oxygen atoms in total. The predicted molar refractivity (Wildman–Crippen MR) is 93.3 cm³/mol. The number of carbonyl (C=O) groups is 1. The normalized spacial score (nSPS) is 20.5. The summed E-state index contributed by atoms with van der Waals surface area (Å²) in [7, 11) is 1.67. The van der Waals surface area contributed by atoms with Crippen molar-refractivity contribution in [2.75, 3.05) is 13.7 Å². The molecule has 0 aliphatic carbocycles. The molecule has 1 aliphatic rings. The molecule has 0 saturated carbocycles. The monoisotopic (exact) mass is 339 g/mol. The van der Waals surface area contributed by atoms with E-state index in [0.717, 1.165) is 10.9 Å². The first-order valence-electron chi connectivity index (χ1n) is 8.36. The number of rotatable bonds is 3. The van der Waals surface area contributed by atoms with Gasteiger partial charge in [-0.1, -0.05) is 6.07 Å². The maximum atomic E-state index is 13.2. The van der Waals surface area contributed by atoms with Gasteiger partial charge in [0.05, 0.1) is 12.1 Å². The fraction of sp³-hybridized carbons (Fsp3) is 0.389. The summed E-state index contributed by atoms with van der Waals surface area (Å²) in [4.78, 5) is 22.5. The molecular formula is C18H21N5O2. The minimum Gasteiger partial charge on any atom is -0.380 e. The Hall–Kier alpha value is -2.67. The van der Waals surface area contributed by atoms with Crippen LogP contribution in [-0.4, -0.2) is 50.7 Å². The number of likely N-dealkylation sites (tertiary alicyclic amines) is 1. The average molecular weight is 339 g/mol. The van der Waals surface area contributed by atoms with E-state index in [4.69, 9.17) is 4.74 Å². The molecule has 2 N–H and O–H groups in total. The number of nitrogens with zero attached hydrogens (tertiary/aromatic N) is 3. The molecule has 0 radical (unpaired) electrons. The molecule has 1 aliphatic heterocycles. The number of fused-ring (bicyclic) bond motifs is 1. The molecule has 1 saturated heterocycles. The van der Waals surface area contributed by atoms with Gasteiger partial charge in [-0.25, -0.2) is 4.98 Å². The Bertz CT molecular complexity index is 915. The van der Waals surface area contributed by atoms with Crippen LogP contribution in [0.1, 0.15) is 39.9 Å². The van der Waals surface area contributed by atoms with Gasteiger partial charge in [-0.3, -0.25) is 9.89 Å². The average Bonchev–Trinajstić information content (AvgIpc) is 3.35. The number of ether oxygens (including phenoxy) is 1. The zero-order chi connectivity index (χ0) is 17.6. The highest BCUT2D eigenvalue weighted by molar-refractivity contribution is 5.99. The zero-order valence-corrected chi connectivity index (χ0v) is 14.5. The lowest BCUT2D eigenvalue weighted by molar-refractivity contribution is 0.0679. The van der Waals surface area contributed by atoms with E-state index in [-0.39, 0.29) is 18.1 Å². The Balaban J connectivity index is 1.70. The molecule has 0 unspecified atom stereocenters. The first-order chi connectivity index (χ1) is 12.1. The third kappa shape index (κ3) is 2.60. The minimum atomic E-state index is -0.158. The number of methoxy groups -OCH3 is 1. The summed E-state index contributed by atoms with van der Waals surface area (Å²) in [5.41, 5.74) is 3.97. The first kappa shape index (κ1) is 15.8. The molecule has 7 heteroatoms. The van der Waals surface area contributed by atoms with Gasteiger partial charge in [-0.2, -0.15) is 5.10 Å². The van der Waals surface area contributed by atoms with E-state index < -0.39 is 0 Å². The second-order valence-corrected chi connectivity index (χ2v) is 6.59. The fourth-order valence-electron chi connectivity index (χ4n) is 3.56. The number of amides is 1. The maximum Gasteiger partial charge on any atom is 0.271 e. The van der Waals surface area contributed by atoms with E-state index in [1.165, 1.54) is 17.5 Å². The molecule has 4 rings (SSSR count). The Kier molecular flexibility index (Phi) is 3.80. The molecule has 25 heavy (non-hydrogen) atoms. The molecule has 0 bridgehead atoms. The Morgan fingerprint density at radius 2 is 2.20 bits per heavy atom. The van der Waals surface area contributed by atoms with Crippen LogP contribution in [0.25, 0.3) is 10.9 Å². The maximum absolute atomic E-state index is 13.2. The molecule has 130 valence electrons. The summed E-state index contributed by atoms with van der Waals surface area (Å²) >= 11 is 0. The SMILES string of the molecule is CO[C@@H]1C[C@@H](c2ncn[nH]2)N(C(=O)c2cc3c(C)c(C)ccc3[nH]2)C1. The third-order valence-electron chi connectivity index (χ3n) is 5.18. The number of H-pyrrole nitrogens is 2. The smallest absolute Gasteiger partial charge is 0.271 e. The van der Waals surface area contributed by atoms with Crippen molar-refractivity contribution >= 4 is 16.8 Å². The number of hydrogen-bond acceptors (Lipinski definition) is 4. The molecule has 1 amide bonds. The molecule has 1 aromatic carbocycles. The highest BCUT2D eigenvalue weighted by Gasteiger charge is 2.38. The molecule has 0 spiro atoms. The van der Waals surface area contributed by atoms with Gasteiger partial charge in [-0.05, 0) is 37.1 Å². The van der Waals surface area contributed by atoms with Crippen LogP contribution in [0.15, 0.2) is 24.5 Å². The Labute approximate surface area is 145 Å². The van der Waals surface area contributed by atoms with Crippen molar-refractivity contribution < 1.29 is 9.53 Å². The summed E-state index contributed by atoms with van der Waals surface area (Å²) in [6.45, 7) is 4.69. The number of carbonyl (C=O) groups excluding carboxylic acids is 1. The van der Waals surface area contributed by atoms with Crippen LogP contribution in [0, 0.1) is 13.8 Å². The van der Waals surface area contributed by atoms with Crippen LogP contribution in [0.5, 0.6) is 0 Å². The van der Waals surface area contributed by atoms with Gasteiger partial charge in [0.15, 0.2) is 0 Å². The fourth-order valence-corrected chi connectivity index (χ4v) is 3.56. The number of hydrogen-bond donors (Lipinski definition) is 2. The Morgan fingerprint density at radius 1 is 1.36 bits per heavy atom. The summed E-state index contributed by atoms with van der Waals surface area (Å²) in [5.74, 6) is 0.644. The van der Waals surface area contributed by atoms with Gasteiger partial charge in [0.1, 0.15) is 17.8 Å². The van der Waals surface area contributed by atoms with E-state index in [1.807, 2.05) is 17.0 Å². The summed E-state index contributed by atoms with van der Waals surface area (Å²) in [6, 6.07) is 5.87. The number of aromatic nitrogens is 4. The van der Waals surface area contributed by atoms with Crippen molar-refractivity contribution in [2.45, 2.75) is 32.4 Å². The van der Waals surface area contributed by atoms with Crippen LogP contribution in [0.2, 0.25) is 0 Å². The van der Waals surface area contributed by atoms with E-state index in [0.29, 0.717) is 24.5 Å². The third-order valence-corrected chi connectivity index (χ3v) is 5.18. The molecule has 3 heterocycles. The second-order valence-electron chi connectivity index (χ2n) is 6.59. The highest BCUT2D eigenvalue weighted by atomic mass is 16.5. The lowest BCUT2D eigenvalue weighted by atomic mass is 10.1. The van der Waals surface area contributed by atoms with E-state index in [1.54, 1.807) is 7.11 Å². The molecule has 2 aromatic heterocycles. The number of aromatic amines is 2. The second kappa shape index (κ2) is 6.00. The molecular weight excluding hydrogens is 318 g/mol. The van der Waals surface area contributed by atoms with E-state index in [2.05, 4.69) is 40.1 Å². The minimum absolute atomic E-state index is 0.00703. The van der Waals surface area contributed by atoms with Gasteiger partial charge < -0.3 is 14.6 Å². The topological polar surface area (TPSA) is 86.9 Å². The van der Waals surface area contributed by atoms with Crippen molar-refractivity contribution in [3.8, 4) is 0 Å². The van der Waals surface area contributed by atoms with Crippen molar-refractivity contribution in [2.24, 2.45) is 0 Å². The van der Waals surface area contributed by atoms with Gasteiger partial charge in [0.2, 0.25) is 0 Å². The summed E-state index contributed by atoms with van der Waals surface area (Å²) in [5, 5.41) is 7.89. The summed E-state index contributed by atoms with van der Waals surface area (Å²) < 4.78 is 5.48. The van der Waals surface area contributed by atoms with Gasteiger partial charge in [-0.15, -0.1) is 0 Å². The van der Waals surface area contributed by atoms with E-state index in [9.17, 15) is 4.79 Å². The predicted octanol–water partition coefficient (Wildman–Crippen LogP) is 2.51. The van der Waals surface area contributed by atoms with Gasteiger partial charge >= 0.3 is 0 Å². The first-order valence-corrected chi connectivity index (χ1v) is 8.36. The van der Waals surface area contributed by atoms with E-state index >= 15 is 0 Å². The largest absolute Gasteiger partial charge is 0.380 e. The molecule has 1 fully saturated rings. The lowest BCUT2D eigenvalue weighted by Gasteiger charge is -2.21. The standard InChI is InChI=1S/C18H21N5O2/c1-10-4-5-14-13(11(10)2)7-15(21-14)18(24)23-8-12(25-3)6-16(23)17-19-9-20-22-17/h4-5,7,9,12,16,21H,6,8H2,1-3H3,(H,19,20,22)/t12-,16+/m1/s1. The van der Waals surface area contributed by atoms with Crippen molar-refractivity contribution in [1.29, 1.82) is 0 Å². The van der Waals surface area contributed by atoms with Crippen LogP contribution < -0.4 is 0 Å². The summed E-state index contributed by atoms with van der Waals surface area (Å²) in [6.07, 6.45) is 2.16. The Morgan fingerprint density at radius 3 is 2.92 bits per heavy atom. The van der Waals surface area contributed by atoms with Crippen molar-refractivity contribution in [3.05, 3.63) is 47.2 Å². The molecule has 3 aromatic rings.